The highest BCUT2D eigenvalue weighted by molar-refractivity contribution is 7.80. The molecule has 1 aromatic carbocycles. The lowest BCUT2D eigenvalue weighted by Gasteiger charge is -2.35. The van der Waals surface area contributed by atoms with Gasteiger partial charge in [-0.1, -0.05) is 38.9 Å². The zero-order chi connectivity index (χ0) is 14.0. The summed E-state index contributed by atoms with van der Waals surface area (Å²) in [5.74, 6) is 1.53. The third-order valence-electron chi connectivity index (χ3n) is 4.56. The summed E-state index contributed by atoms with van der Waals surface area (Å²) in [5.41, 5.74) is 9.05. The van der Waals surface area contributed by atoms with Crippen LogP contribution in [-0.2, 0) is 0 Å². The van der Waals surface area contributed by atoms with E-state index in [0.29, 0.717) is 11.0 Å². The fraction of sp³-hybridized carbons (Fsp3) is 0.562. The van der Waals surface area contributed by atoms with Crippen molar-refractivity contribution >= 4 is 22.9 Å². The molecule has 1 fully saturated rings. The first-order valence-electron chi connectivity index (χ1n) is 7.16. The fourth-order valence-electron chi connectivity index (χ4n) is 2.96. The molecule has 1 aliphatic carbocycles. The van der Waals surface area contributed by atoms with E-state index in [4.69, 9.17) is 18.0 Å². The highest BCUT2D eigenvalue weighted by Gasteiger charge is 2.27. The van der Waals surface area contributed by atoms with Gasteiger partial charge >= 0.3 is 0 Å². The Morgan fingerprint density at radius 2 is 2.05 bits per heavy atom. The highest BCUT2D eigenvalue weighted by Crippen LogP contribution is 2.32. The van der Waals surface area contributed by atoms with Gasteiger partial charge in [-0.15, -0.1) is 0 Å². The number of aryl methyl sites for hydroxylation is 1. The predicted molar refractivity (Wildman–Crippen MR) is 86.7 cm³/mol. The van der Waals surface area contributed by atoms with Gasteiger partial charge in [-0.2, -0.15) is 0 Å². The summed E-state index contributed by atoms with van der Waals surface area (Å²) in [6.07, 6.45) is 3.95. The summed E-state index contributed by atoms with van der Waals surface area (Å²) in [7, 11) is 0. The number of rotatable bonds is 3. The summed E-state index contributed by atoms with van der Waals surface area (Å²) in [6.45, 7) is 6.84. The molecule has 1 aliphatic rings. The second-order valence-corrected chi connectivity index (χ2v) is 6.35. The molecule has 2 nitrogen and oxygen atoms in total. The lowest BCUT2D eigenvalue weighted by Crippen LogP contribution is -2.35. The van der Waals surface area contributed by atoms with Crippen LogP contribution in [-0.4, -0.2) is 11.0 Å². The number of nitrogens with two attached hydrogens (primary N) is 1. The van der Waals surface area contributed by atoms with Gasteiger partial charge in [0.15, 0.2) is 0 Å². The molecule has 3 unspecified atom stereocenters. The number of hydrogen-bond donors (Lipinski definition) is 2. The number of nitrogens with one attached hydrogen (secondary N) is 1. The van der Waals surface area contributed by atoms with Crippen molar-refractivity contribution in [3.63, 3.8) is 0 Å². The molecule has 0 amide bonds. The monoisotopic (exact) mass is 276 g/mol. The molecule has 104 valence electrons. The smallest absolute Gasteiger partial charge is 0.103 e. The zero-order valence-electron chi connectivity index (χ0n) is 12.1. The summed E-state index contributed by atoms with van der Waals surface area (Å²) >= 11 is 5.02. The van der Waals surface area contributed by atoms with Gasteiger partial charge in [0.05, 0.1) is 0 Å². The van der Waals surface area contributed by atoms with Gasteiger partial charge < -0.3 is 11.1 Å². The van der Waals surface area contributed by atoms with Crippen LogP contribution in [0.3, 0.4) is 0 Å². The maximum atomic E-state index is 5.67. The van der Waals surface area contributed by atoms with E-state index in [-0.39, 0.29) is 0 Å². The zero-order valence-corrected chi connectivity index (χ0v) is 12.9. The van der Waals surface area contributed by atoms with Crippen LogP contribution in [0, 0.1) is 18.8 Å². The number of hydrogen-bond acceptors (Lipinski definition) is 2. The van der Waals surface area contributed by atoms with Crippen molar-refractivity contribution in [2.75, 3.05) is 5.32 Å². The van der Waals surface area contributed by atoms with Crippen molar-refractivity contribution < 1.29 is 0 Å². The Labute approximate surface area is 121 Å². The normalized spacial score (nSPS) is 27.0. The Bertz CT molecular complexity index is 470. The van der Waals surface area contributed by atoms with Gasteiger partial charge in [-0.3, -0.25) is 0 Å². The maximum Gasteiger partial charge on any atom is 0.103 e. The topological polar surface area (TPSA) is 38.0 Å². The van der Waals surface area contributed by atoms with E-state index in [0.717, 1.165) is 17.4 Å². The first-order chi connectivity index (χ1) is 8.99. The molecule has 19 heavy (non-hydrogen) atoms. The van der Waals surface area contributed by atoms with E-state index in [1.54, 1.807) is 0 Å². The van der Waals surface area contributed by atoms with Crippen molar-refractivity contribution in [3.05, 3.63) is 29.3 Å². The average Bonchev–Trinajstić information content (AvgIpc) is 2.37. The third-order valence-corrected chi connectivity index (χ3v) is 4.79. The molecule has 1 aromatic rings. The second kappa shape index (κ2) is 5.91. The van der Waals surface area contributed by atoms with Crippen LogP contribution in [0.1, 0.15) is 44.2 Å². The predicted octanol–water partition coefficient (Wildman–Crippen LogP) is 3.87. The van der Waals surface area contributed by atoms with Crippen molar-refractivity contribution in [1.82, 2.24) is 0 Å². The lowest BCUT2D eigenvalue weighted by molar-refractivity contribution is 0.253. The Kier molecular flexibility index (Phi) is 4.46. The largest absolute Gasteiger partial charge is 0.389 e. The van der Waals surface area contributed by atoms with Crippen LogP contribution in [0.5, 0.6) is 0 Å². The molecule has 1 saturated carbocycles. The van der Waals surface area contributed by atoms with Crippen LogP contribution >= 0.6 is 12.2 Å². The van der Waals surface area contributed by atoms with Gasteiger partial charge in [0.25, 0.3) is 0 Å². The minimum Gasteiger partial charge on any atom is -0.389 e. The maximum absolute atomic E-state index is 5.67. The molecule has 0 saturated heterocycles. The van der Waals surface area contributed by atoms with Gasteiger partial charge in [0, 0.05) is 17.3 Å². The van der Waals surface area contributed by atoms with E-state index in [2.05, 4.69) is 38.2 Å². The Morgan fingerprint density at radius 3 is 2.68 bits per heavy atom. The first kappa shape index (κ1) is 14.3. The molecule has 3 heteroatoms. The van der Waals surface area contributed by atoms with Gasteiger partial charge in [0.1, 0.15) is 4.99 Å². The molecule has 0 spiro atoms. The number of benzene rings is 1. The van der Waals surface area contributed by atoms with Gasteiger partial charge in [0.2, 0.25) is 0 Å². The summed E-state index contributed by atoms with van der Waals surface area (Å²) in [4.78, 5) is 0.467. The van der Waals surface area contributed by atoms with Crippen LogP contribution in [0.4, 0.5) is 5.69 Å². The number of anilines is 1. The van der Waals surface area contributed by atoms with Crippen LogP contribution in [0.15, 0.2) is 18.2 Å². The summed E-state index contributed by atoms with van der Waals surface area (Å²) in [5, 5.41) is 3.71. The molecule has 2 rings (SSSR count). The molecular formula is C16H24N2S. The van der Waals surface area contributed by atoms with E-state index in [9.17, 15) is 0 Å². The molecule has 3 atom stereocenters. The SMILES string of the molecule is Cc1cc(C(N)=S)ccc1NC1CCCC(C)C1C. The van der Waals surface area contributed by atoms with Gasteiger partial charge in [-0.25, -0.2) is 0 Å². The summed E-state index contributed by atoms with van der Waals surface area (Å²) in [6, 6.07) is 6.77. The van der Waals surface area contributed by atoms with E-state index >= 15 is 0 Å². The molecule has 3 N–H and O–H groups in total. The average molecular weight is 276 g/mol. The Hall–Kier alpha value is -1.09. The minimum absolute atomic E-state index is 0.467. The number of thiocarbonyl (C=S) groups is 1. The second-order valence-electron chi connectivity index (χ2n) is 5.91. The minimum atomic E-state index is 0.467. The quantitative estimate of drug-likeness (QED) is 0.823. The Morgan fingerprint density at radius 1 is 1.32 bits per heavy atom. The molecule has 0 aliphatic heterocycles. The van der Waals surface area contributed by atoms with E-state index in [1.807, 2.05) is 6.07 Å². The third kappa shape index (κ3) is 3.27. The molecule has 0 radical (unpaired) electrons. The van der Waals surface area contributed by atoms with Crippen molar-refractivity contribution in [3.8, 4) is 0 Å². The fourth-order valence-corrected chi connectivity index (χ4v) is 3.09. The van der Waals surface area contributed by atoms with Crippen molar-refractivity contribution in [2.24, 2.45) is 17.6 Å². The molecule has 0 heterocycles. The van der Waals surface area contributed by atoms with Crippen LogP contribution in [0.2, 0.25) is 0 Å². The highest BCUT2D eigenvalue weighted by atomic mass is 32.1. The van der Waals surface area contributed by atoms with Gasteiger partial charge in [-0.05, 0) is 48.9 Å². The first-order valence-corrected chi connectivity index (χ1v) is 7.57. The standard InChI is InChI=1S/C16H24N2S/c1-10-5-4-6-15(12(10)3)18-14-8-7-13(16(17)19)9-11(14)2/h7-10,12,15,18H,4-6H2,1-3H3,(H2,17,19). The lowest BCUT2D eigenvalue weighted by atomic mass is 9.78. The van der Waals surface area contributed by atoms with E-state index < -0.39 is 0 Å². The van der Waals surface area contributed by atoms with E-state index in [1.165, 1.54) is 30.5 Å². The van der Waals surface area contributed by atoms with Crippen LogP contribution in [0.25, 0.3) is 0 Å². The van der Waals surface area contributed by atoms with Crippen LogP contribution < -0.4 is 11.1 Å². The Balaban J connectivity index is 2.12. The van der Waals surface area contributed by atoms with Crippen molar-refractivity contribution in [1.29, 1.82) is 0 Å². The van der Waals surface area contributed by atoms with Crippen molar-refractivity contribution in [2.45, 2.75) is 46.1 Å². The summed E-state index contributed by atoms with van der Waals surface area (Å²) < 4.78 is 0. The molecule has 0 aromatic heterocycles. The molecular weight excluding hydrogens is 252 g/mol. The molecule has 0 bridgehead atoms.